The molecule has 0 aliphatic heterocycles. The summed E-state index contributed by atoms with van der Waals surface area (Å²) < 4.78 is 0. The normalized spacial score (nSPS) is 30.3. The molecule has 0 amide bonds. The Morgan fingerprint density at radius 3 is 2.18 bits per heavy atom. The monoisotopic (exact) mass is 172 g/mol. The first-order valence-corrected chi connectivity index (χ1v) is 5.47. The largest absolute Gasteiger partial charge is 0.126 e. The third-order valence-electron chi connectivity index (χ3n) is 3.56. The van der Waals surface area contributed by atoms with Crippen molar-refractivity contribution in [3.63, 3.8) is 0 Å². The van der Waals surface area contributed by atoms with Crippen LogP contribution >= 0.6 is 11.6 Å². The summed E-state index contributed by atoms with van der Waals surface area (Å²) in [6.45, 7) is 0. The number of hydrogen-bond acceptors (Lipinski definition) is 0. The summed E-state index contributed by atoms with van der Waals surface area (Å²) >= 11 is 6.07. The number of hydrogen-bond donors (Lipinski definition) is 0. The van der Waals surface area contributed by atoms with E-state index in [1.165, 1.54) is 44.9 Å². The third kappa shape index (κ3) is 1.42. The molecule has 0 saturated heterocycles. The van der Waals surface area contributed by atoms with E-state index in [9.17, 15) is 0 Å². The Bertz CT molecular complexity index is 132. The Morgan fingerprint density at radius 2 is 1.73 bits per heavy atom. The van der Waals surface area contributed by atoms with Gasteiger partial charge in [-0.05, 0) is 37.0 Å². The standard InChI is InChI=1S/C10H17Cl/c11-8-10(9-4-5-9)6-2-1-3-7-10/h9H,1-8H2. The number of halogens is 1. The van der Waals surface area contributed by atoms with Gasteiger partial charge >= 0.3 is 0 Å². The van der Waals surface area contributed by atoms with E-state index in [-0.39, 0.29) is 0 Å². The zero-order chi connectivity index (χ0) is 7.73. The van der Waals surface area contributed by atoms with Gasteiger partial charge in [0.05, 0.1) is 0 Å². The third-order valence-corrected chi connectivity index (χ3v) is 4.09. The highest BCUT2D eigenvalue weighted by Gasteiger charge is 2.44. The van der Waals surface area contributed by atoms with Crippen LogP contribution in [0.5, 0.6) is 0 Å². The van der Waals surface area contributed by atoms with E-state index in [1.54, 1.807) is 0 Å². The van der Waals surface area contributed by atoms with Gasteiger partial charge in [0, 0.05) is 5.88 Å². The summed E-state index contributed by atoms with van der Waals surface area (Å²) in [4.78, 5) is 0. The van der Waals surface area contributed by atoms with Gasteiger partial charge in [-0.2, -0.15) is 0 Å². The molecule has 2 aliphatic carbocycles. The molecule has 0 atom stereocenters. The smallest absolute Gasteiger partial charge is 0.0282 e. The molecule has 0 bridgehead atoms. The van der Waals surface area contributed by atoms with Crippen LogP contribution in [0.2, 0.25) is 0 Å². The lowest BCUT2D eigenvalue weighted by molar-refractivity contribution is 0.185. The summed E-state index contributed by atoms with van der Waals surface area (Å²) in [6, 6.07) is 0. The molecule has 64 valence electrons. The van der Waals surface area contributed by atoms with E-state index in [0.29, 0.717) is 5.41 Å². The molecule has 0 aromatic rings. The van der Waals surface area contributed by atoms with E-state index in [4.69, 9.17) is 11.6 Å². The van der Waals surface area contributed by atoms with E-state index in [0.717, 1.165) is 11.8 Å². The lowest BCUT2D eigenvalue weighted by Crippen LogP contribution is -2.28. The highest BCUT2D eigenvalue weighted by Crippen LogP contribution is 2.54. The predicted octanol–water partition coefficient (Wildman–Crippen LogP) is 3.59. The van der Waals surface area contributed by atoms with Gasteiger partial charge in [0.2, 0.25) is 0 Å². The van der Waals surface area contributed by atoms with Gasteiger partial charge in [-0.1, -0.05) is 19.3 Å². The fourth-order valence-corrected chi connectivity index (χ4v) is 3.09. The fraction of sp³-hybridized carbons (Fsp3) is 1.00. The van der Waals surface area contributed by atoms with Crippen molar-refractivity contribution >= 4 is 11.6 Å². The molecular weight excluding hydrogens is 156 g/mol. The molecule has 0 aromatic carbocycles. The van der Waals surface area contributed by atoms with Gasteiger partial charge in [0.15, 0.2) is 0 Å². The Morgan fingerprint density at radius 1 is 1.09 bits per heavy atom. The Balaban J connectivity index is 2.01. The lowest BCUT2D eigenvalue weighted by Gasteiger charge is -2.35. The topological polar surface area (TPSA) is 0 Å². The summed E-state index contributed by atoms with van der Waals surface area (Å²) in [5, 5.41) is 0. The summed E-state index contributed by atoms with van der Waals surface area (Å²) in [7, 11) is 0. The second-order valence-corrected chi connectivity index (χ2v) is 4.60. The quantitative estimate of drug-likeness (QED) is 0.559. The van der Waals surface area contributed by atoms with Gasteiger partial charge in [-0.3, -0.25) is 0 Å². The van der Waals surface area contributed by atoms with E-state index in [1.807, 2.05) is 0 Å². The highest BCUT2D eigenvalue weighted by molar-refractivity contribution is 6.18. The molecule has 0 heterocycles. The molecule has 0 aromatic heterocycles. The van der Waals surface area contributed by atoms with Crippen molar-refractivity contribution in [2.24, 2.45) is 11.3 Å². The lowest BCUT2D eigenvalue weighted by atomic mass is 9.72. The number of alkyl halides is 1. The van der Waals surface area contributed by atoms with Gasteiger partial charge < -0.3 is 0 Å². The van der Waals surface area contributed by atoms with Crippen molar-refractivity contribution in [3.8, 4) is 0 Å². The first-order valence-electron chi connectivity index (χ1n) is 4.93. The Kier molecular flexibility index (Phi) is 2.14. The van der Waals surface area contributed by atoms with Crippen LogP contribution in [-0.2, 0) is 0 Å². The van der Waals surface area contributed by atoms with E-state index in [2.05, 4.69) is 0 Å². The summed E-state index contributed by atoms with van der Waals surface area (Å²) in [5.41, 5.74) is 0.597. The second kappa shape index (κ2) is 2.97. The van der Waals surface area contributed by atoms with Crippen molar-refractivity contribution in [2.45, 2.75) is 44.9 Å². The minimum absolute atomic E-state index is 0.597. The van der Waals surface area contributed by atoms with E-state index >= 15 is 0 Å². The van der Waals surface area contributed by atoms with Crippen LogP contribution in [0.4, 0.5) is 0 Å². The maximum absolute atomic E-state index is 6.07. The molecule has 0 spiro atoms. The summed E-state index contributed by atoms with van der Waals surface area (Å²) in [6.07, 6.45) is 10.1. The molecule has 0 radical (unpaired) electrons. The molecule has 2 aliphatic rings. The van der Waals surface area contributed by atoms with Crippen LogP contribution in [-0.4, -0.2) is 5.88 Å². The maximum Gasteiger partial charge on any atom is 0.0282 e. The van der Waals surface area contributed by atoms with Crippen LogP contribution < -0.4 is 0 Å². The van der Waals surface area contributed by atoms with Gasteiger partial charge in [0.25, 0.3) is 0 Å². The van der Waals surface area contributed by atoms with Gasteiger partial charge in [-0.15, -0.1) is 11.6 Å². The maximum atomic E-state index is 6.07. The van der Waals surface area contributed by atoms with Crippen molar-refractivity contribution < 1.29 is 0 Å². The van der Waals surface area contributed by atoms with Crippen molar-refractivity contribution in [2.75, 3.05) is 5.88 Å². The first-order chi connectivity index (χ1) is 5.37. The van der Waals surface area contributed by atoms with Gasteiger partial charge in [0.1, 0.15) is 0 Å². The second-order valence-electron chi connectivity index (χ2n) is 4.33. The van der Waals surface area contributed by atoms with E-state index < -0.39 is 0 Å². The number of rotatable bonds is 2. The van der Waals surface area contributed by atoms with Crippen LogP contribution in [0.3, 0.4) is 0 Å². The highest BCUT2D eigenvalue weighted by atomic mass is 35.5. The molecule has 0 N–H and O–H groups in total. The van der Waals surface area contributed by atoms with Crippen molar-refractivity contribution in [3.05, 3.63) is 0 Å². The van der Waals surface area contributed by atoms with Crippen LogP contribution in [0.15, 0.2) is 0 Å². The zero-order valence-electron chi connectivity index (χ0n) is 7.11. The molecular formula is C10H17Cl. The molecule has 0 nitrogen and oxygen atoms in total. The minimum Gasteiger partial charge on any atom is -0.126 e. The first kappa shape index (κ1) is 7.91. The average Bonchev–Trinajstić information content (AvgIpc) is 2.88. The van der Waals surface area contributed by atoms with Crippen LogP contribution in [0.1, 0.15) is 44.9 Å². The predicted molar refractivity (Wildman–Crippen MR) is 49.0 cm³/mol. The average molecular weight is 173 g/mol. The SMILES string of the molecule is ClCC1(C2CC2)CCCCC1. The molecule has 2 rings (SSSR count). The fourth-order valence-electron chi connectivity index (χ4n) is 2.60. The molecule has 2 saturated carbocycles. The summed E-state index contributed by atoms with van der Waals surface area (Å²) in [5.74, 6) is 1.94. The van der Waals surface area contributed by atoms with Crippen molar-refractivity contribution in [1.29, 1.82) is 0 Å². The Hall–Kier alpha value is 0.290. The van der Waals surface area contributed by atoms with Crippen molar-refractivity contribution in [1.82, 2.24) is 0 Å². The Labute approximate surface area is 74.3 Å². The molecule has 1 heteroatoms. The minimum atomic E-state index is 0.597. The van der Waals surface area contributed by atoms with Crippen LogP contribution in [0.25, 0.3) is 0 Å². The zero-order valence-corrected chi connectivity index (χ0v) is 7.87. The van der Waals surface area contributed by atoms with Crippen LogP contribution in [0, 0.1) is 11.3 Å². The molecule has 0 unspecified atom stereocenters. The van der Waals surface area contributed by atoms with Gasteiger partial charge in [-0.25, -0.2) is 0 Å². The molecule has 2 fully saturated rings. The molecule has 11 heavy (non-hydrogen) atoms.